The predicted molar refractivity (Wildman–Crippen MR) is 84.4 cm³/mol. The van der Waals surface area contributed by atoms with Gasteiger partial charge in [-0.15, -0.1) is 0 Å². The molecule has 1 aromatic carbocycles. The first-order valence-corrected chi connectivity index (χ1v) is 7.44. The number of nitro benzene ring substituents is 1. The minimum Gasteiger partial charge on any atom is -0.461 e. The molecule has 0 aliphatic carbocycles. The Kier molecular flexibility index (Phi) is 3.39. The molecule has 0 spiro atoms. The number of nitro groups is 1. The van der Waals surface area contributed by atoms with Gasteiger partial charge in [-0.25, -0.2) is 4.90 Å². The number of hydrogen-bond donors (Lipinski definition) is 0. The minimum absolute atomic E-state index is 0.0580. The highest BCUT2D eigenvalue weighted by Crippen LogP contribution is 2.37. The van der Waals surface area contributed by atoms with Crippen LogP contribution in [-0.4, -0.2) is 34.3 Å². The standard InChI is InChI=1S/C16H9N3O7/c20-13(10-6-3-7-25-10)12-11-14(26-17-12)16(22)18(15(11)21)8-4-1-2-5-9(8)19(23)24/h1-7,11,14H/t11-,14+/m1/s1. The summed E-state index contributed by atoms with van der Waals surface area (Å²) >= 11 is 0. The van der Waals surface area contributed by atoms with Crippen molar-refractivity contribution < 1.29 is 28.6 Å². The fraction of sp³-hybridized carbons (Fsp3) is 0.125. The second kappa shape index (κ2) is 5.62. The Labute approximate surface area is 144 Å². The van der Waals surface area contributed by atoms with Crippen LogP contribution in [0.1, 0.15) is 10.6 Å². The van der Waals surface area contributed by atoms with Gasteiger partial charge in [-0.2, -0.15) is 0 Å². The largest absolute Gasteiger partial charge is 0.461 e. The van der Waals surface area contributed by atoms with E-state index in [1.807, 2.05) is 0 Å². The lowest BCUT2D eigenvalue weighted by Crippen LogP contribution is -2.34. The molecule has 0 N–H and O–H groups in total. The smallest absolute Gasteiger partial charge is 0.293 e. The average Bonchev–Trinajstić information content (AvgIpc) is 3.34. The van der Waals surface area contributed by atoms with Gasteiger partial charge in [0.1, 0.15) is 17.3 Å². The molecule has 0 radical (unpaired) electrons. The zero-order valence-corrected chi connectivity index (χ0v) is 12.9. The highest BCUT2D eigenvalue weighted by atomic mass is 16.7. The lowest BCUT2D eigenvalue weighted by molar-refractivity contribution is -0.384. The molecule has 3 heterocycles. The first-order chi connectivity index (χ1) is 12.5. The molecule has 2 aliphatic heterocycles. The maximum atomic E-state index is 12.8. The fourth-order valence-electron chi connectivity index (χ4n) is 2.95. The van der Waals surface area contributed by atoms with E-state index in [-0.39, 0.29) is 17.2 Å². The molecular weight excluding hydrogens is 346 g/mol. The van der Waals surface area contributed by atoms with Gasteiger partial charge >= 0.3 is 0 Å². The number of furan rings is 1. The fourth-order valence-corrected chi connectivity index (χ4v) is 2.95. The summed E-state index contributed by atoms with van der Waals surface area (Å²) in [7, 11) is 0. The van der Waals surface area contributed by atoms with Crippen LogP contribution in [0.4, 0.5) is 11.4 Å². The van der Waals surface area contributed by atoms with Crippen LogP contribution >= 0.6 is 0 Å². The van der Waals surface area contributed by atoms with E-state index < -0.39 is 40.2 Å². The highest BCUT2D eigenvalue weighted by molar-refractivity contribution is 6.52. The lowest BCUT2D eigenvalue weighted by atomic mass is 9.96. The zero-order valence-electron chi connectivity index (χ0n) is 12.9. The van der Waals surface area contributed by atoms with Crippen molar-refractivity contribution in [1.29, 1.82) is 0 Å². The third kappa shape index (κ3) is 2.12. The van der Waals surface area contributed by atoms with Crippen LogP contribution < -0.4 is 4.90 Å². The van der Waals surface area contributed by atoms with Gasteiger partial charge in [0.25, 0.3) is 11.6 Å². The van der Waals surface area contributed by atoms with E-state index in [2.05, 4.69) is 5.16 Å². The summed E-state index contributed by atoms with van der Waals surface area (Å²) in [6.45, 7) is 0. The number of rotatable bonds is 4. The van der Waals surface area contributed by atoms with E-state index in [1.54, 1.807) is 0 Å². The summed E-state index contributed by atoms with van der Waals surface area (Å²) in [5.41, 5.74) is -0.871. The van der Waals surface area contributed by atoms with Gasteiger partial charge in [0.2, 0.25) is 17.8 Å². The Bertz CT molecular complexity index is 979. The lowest BCUT2D eigenvalue weighted by Gasteiger charge is -2.14. The van der Waals surface area contributed by atoms with Crippen LogP contribution in [0.15, 0.2) is 52.2 Å². The van der Waals surface area contributed by atoms with Crippen LogP contribution in [0.25, 0.3) is 0 Å². The second-order valence-corrected chi connectivity index (χ2v) is 5.54. The molecular formula is C16H9N3O7. The van der Waals surface area contributed by atoms with Crippen molar-refractivity contribution in [2.45, 2.75) is 6.10 Å². The molecule has 1 fully saturated rings. The van der Waals surface area contributed by atoms with Gasteiger partial charge in [0.05, 0.1) is 11.2 Å². The van der Waals surface area contributed by atoms with Crippen molar-refractivity contribution in [2.75, 3.05) is 4.90 Å². The van der Waals surface area contributed by atoms with Gasteiger partial charge in [-0.3, -0.25) is 24.5 Å². The minimum atomic E-state index is -1.34. The zero-order chi connectivity index (χ0) is 18.4. The van der Waals surface area contributed by atoms with E-state index in [4.69, 9.17) is 9.25 Å². The number of carbonyl (C=O) groups excluding carboxylic acids is 3. The third-order valence-corrected chi connectivity index (χ3v) is 4.11. The summed E-state index contributed by atoms with van der Waals surface area (Å²) in [6, 6.07) is 8.20. The van der Waals surface area contributed by atoms with Crippen molar-refractivity contribution in [3.63, 3.8) is 0 Å². The number of oxime groups is 1. The number of Topliss-reactive ketones (excluding diaryl/α,β-unsaturated/α-hetero) is 1. The quantitative estimate of drug-likeness (QED) is 0.349. The number of nitrogens with zero attached hydrogens (tertiary/aromatic N) is 3. The second-order valence-electron chi connectivity index (χ2n) is 5.54. The molecule has 0 bridgehead atoms. The number of para-hydroxylation sites is 2. The Hall–Kier alpha value is -3.82. The number of imide groups is 1. The summed E-state index contributed by atoms with van der Waals surface area (Å²) in [5, 5.41) is 14.8. The Morgan fingerprint density at radius 1 is 1.15 bits per heavy atom. The number of benzene rings is 1. The molecule has 130 valence electrons. The molecule has 0 saturated carbocycles. The van der Waals surface area contributed by atoms with Crippen LogP contribution in [0.2, 0.25) is 0 Å². The first kappa shape index (κ1) is 15.7. The van der Waals surface area contributed by atoms with Crippen molar-refractivity contribution in [3.05, 3.63) is 58.5 Å². The Morgan fingerprint density at radius 3 is 2.62 bits per heavy atom. The monoisotopic (exact) mass is 355 g/mol. The van der Waals surface area contributed by atoms with E-state index in [0.717, 1.165) is 0 Å². The number of ketones is 1. The Morgan fingerprint density at radius 2 is 1.92 bits per heavy atom. The summed E-state index contributed by atoms with van der Waals surface area (Å²) in [4.78, 5) is 54.0. The molecule has 0 unspecified atom stereocenters. The van der Waals surface area contributed by atoms with E-state index in [0.29, 0.717) is 4.90 Å². The molecule has 10 heteroatoms. The number of amides is 2. The molecule has 2 amide bonds. The van der Waals surface area contributed by atoms with Crippen molar-refractivity contribution in [2.24, 2.45) is 11.1 Å². The maximum Gasteiger partial charge on any atom is 0.293 e. The topological polar surface area (TPSA) is 132 Å². The van der Waals surface area contributed by atoms with E-state index in [9.17, 15) is 24.5 Å². The average molecular weight is 355 g/mol. The maximum absolute atomic E-state index is 12.8. The van der Waals surface area contributed by atoms with Gasteiger partial charge < -0.3 is 9.25 Å². The van der Waals surface area contributed by atoms with Crippen LogP contribution in [-0.2, 0) is 14.4 Å². The molecule has 4 rings (SSSR count). The number of anilines is 1. The van der Waals surface area contributed by atoms with Gasteiger partial charge in [0.15, 0.2) is 5.76 Å². The first-order valence-electron chi connectivity index (χ1n) is 7.44. The van der Waals surface area contributed by atoms with Crippen molar-refractivity contribution in [1.82, 2.24) is 0 Å². The molecule has 10 nitrogen and oxygen atoms in total. The van der Waals surface area contributed by atoms with Crippen LogP contribution in [0, 0.1) is 16.0 Å². The molecule has 1 aromatic heterocycles. The number of fused-ring (bicyclic) bond motifs is 1. The van der Waals surface area contributed by atoms with Gasteiger partial charge in [0, 0.05) is 6.07 Å². The third-order valence-electron chi connectivity index (χ3n) is 4.11. The van der Waals surface area contributed by atoms with E-state index in [1.165, 1.54) is 42.7 Å². The summed E-state index contributed by atoms with van der Waals surface area (Å²) < 4.78 is 5.00. The molecule has 2 atom stereocenters. The van der Waals surface area contributed by atoms with Crippen molar-refractivity contribution in [3.8, 4) is 0 Å². The van der Waals surface area contributed by atoms with Crippen LogP contribution in [0.3, 0.4) is 0 Å². The SMILES string of the molecule is O=C(C1=NO[C@@H]2C(=O)N(c3ccccc3[N+](=O)[O-])C(=O)[C@H]12)c1ccco1. The highest BCUT2D eigenvalue weighted by Gasteiger charge is 2.58. The van der Waals surface area contributed by atoms with Crippen molar-refractivity contribution >= 4 is 34.7 Å². The summed E-state index contributed by atoms with van der Waals surface area (Å²) in [5.74, 6) is -3.66. The normalized spacial score (nSPS) is 21.4. The molecule has 1 saturated heterocycles. The molecule has 2 aromatic rings. The molecule has 26 heavy (non-hydrogen) atoms. The number of carbonyl (C=O) groups is 3. The van der Waals surface area contributed by atoms with Gasteiger partial charge in [-0.1, -0.05) is 17.3 Å². The predicted octanol–water partition coefficient (Wildman–Crippen LogP) is 1.31. The van der Waals surface area contributed by atoms with E-state index >= 15 is 0 Å². The summed E-state index contributed by atoms with van der Waals surface area (Å²) in [6.07, 6.45) is -0.0567. The van der Waals surface area contributed by atoms with Crippen LogP contribution in [0.5, 0.6) is 0 Å². The molecule has 2 aliphatic rings. The Balaban J connectivity index is 1.72. The van der Waals surface area contributed by atoms with Gasteiger partial charge in [-0.05, 0) is 18.2 Å². The number of hydrogen-bond acceptors (Lipinski definition) is 8.